The zero-order chi connectivity index (χ0) is 22.3. The van der Waals surface area contributed by atoms with Crippen molar-refractivity contribution in [1.82, 2.24) is 20.4 Å². The number of benzene rings is 1. The zero-order valence-electron chi connectivity index (χ0n) is 20.5. The molecule has 1 aromatic carbocycles. The molecule has 0 spiro atoms. The summed E-state index contributed by atoms with van der Waals surface area (Å²) in [6.45, 7) is 16.4. The first-order chi connectivity index (χ1) is 15.1. The van der Waals surface area contributed by atoms with Crippen molar-refractivity contribution in [2.24, 2.45) is 4.99 Å². The summed E-state index contributed by atoms with van der Waals surface area (Å²) in [5.41, 5.74) is 2.28. The number of halogens is 1. The molecule has 0 atom stereocenters. The molecule has 184 valence electrons. The van der Waals surface area contributed by atoms with Crippen LogP contribution in [0.25, 0.3) is 0 Å². The first kappa shape index (κ1) is 28.9. The largest absolute Gasteiger partial charge is 0.491 e. The number of rotatable bonds is 13. The average molecular weight is 562 g/mol. The molecule has 0 aliphatic carbocycles. The Morgan fingerprint density at radius 2 is 1.84 bits per heavy atom. The summed E-state index contributed by atoms with van der Waals surface area (Å²) >= 11 is 0. The van der Waals surface area contributed by atoms with Crippen LogP contribution in [-0.4, -0.2) is 88.4 Å². The monoisotopic (exact) mass is 561 g/mol. The van der Waals surface area contributed by atoms with Gasteiger partial charge in [-0.25, -0.2) is 4.99 Å². The predicted octanol–water partition coefficient (Wildman–Crippen LogP) is 3.11. The van der Waals surface area contributed by atoms with Gasteiger partial charge in [-0.3, -0.25) is 0 Å². The molecule has 0 amide bonds. The van der Waals surface area contributed by atoms with Crippen molar-refractivity contribution in [3.8, 4) is 5.75 Å². The van der Waals surface area contributed by atoms with E-state index in [9.17, 15) is 0 Å². The van der Waals surface area contributed by atoms with Crippen LogP contribution in [0.5, 0.6) is 5.75 Å². The fraction of sp³-hybridized carbons (Fsp3) is 0.708. The molecule has 1 fully saturated rings. The molecule has 1 aromatic rings. The molecule has 32 heavy (non-hydrogen) atoms. The Morgan fingerprint density at radius 3 is 2.56 bits per heavy atom. The molecule has 0 aromatic heterocycles. The number of hydrogen-bond acceptors (Lipinski definition) is 5. The lowest BCUT2D eigenvalue weighted by atomic mass is 10.1. The third-order valence-electron chi connectivity index (χ3n) is 5.45. The van der Waals surface area contributed by atoms with Gasteiger partial charge in [-0.05, 0) is 58.8 Å². The van der Waals surface area contributed by atoms with Crippen LogP contribution >= 0.6 is 24.0 Å². The molecule has 0 bridgehead atoms. The molecular weight excluding hydrogens is 517 g/mol. The third-order valence-corrected chi connectivity index (χ3v) is 5.45. The normalized spacial score (nSPS) is 15.3. The first-order valence-electron chi connectivity index (χ1n) is 11.9. The molecule has 1 aliphatic heterocycles. The topological polar surface area (TPSA) is 61.4 Å². The Balaban J connectivity index is 0.00000512. The molecule has 7 nitrogen and oxygen atoms in total. The molecule has 1 saturated heterocycles. The Bertz CT molecular complexity index is 651. The van der Waals surface area contributed by atoms with Crippen LogP contribution in [0.15, 0.2) is 23.2 Å². The number of nitrogens with zero attached hydrogens (tertiary/aromatic N) is 3. The van der Waals surface area contributed by atoms with Gasteiger partial charge in [0.15, 0.2) is 5.96 Å². The van der Waals surface area contributed by atoms with Crippen LogP contribution in [0.1, 0.15) is 37.8 Å². The van der Waals surface area contributed by atoms with E-state index >= 15 is 0 Å². The summed E-state index contributed by atoms with van der Waals surface area (Å²) in [6, 6.07) is 6.29. The number of aryl methyl sites for hydroxylation is 1. The lowest BCUT2D eigenvalue weighted by Crippen LogP contribution is -2.44. The summed E-state index contributed by atoms with van der Waals surface area (Å²) in [5.74, 6) is 1.76. The van der Waals surface area contributed by atoms with Crippen molar-refractivity contribution in [2.75, 3.05) is 72.7 Å². The van der Waals surface area contributed by atoms with Gasteiger partial charge in [0.05, 0.1) is 13.2 Å². The van der Waals surface area contributed by atoms with E-state index < -0.39 is 0 Å². The highest BCUT2D eigenvalue weighted by Crippen LogP contribution is 2.21. The SMILES string of the molecule is CCNC(=NCc1ccc(C)cc1OCCOCC)NCCCCN1CCN(C)CC1.I. The van der Waals surface area contributed by atoms with Gasteiger partial charge >= 0.3 is 0 Å². The van der Waals surface area contributed by atoms with Gasteiger partial charge in [0, 0.05) is 51.4 Å². The maximum absolute atomic E-state index is 5.95. The van der Waals surface area contributed by atoms with Crippen molar-refractivity contribution >= 4 is 29.9 Å². The first-order valence-corrected chi connectivity index (χ1v) is 11.9. The van der Waals surface area contributed by atoms with Crippen molar-refractivity contribution in [1.29, 1.82) is 0 Å². The van der Waals surface area contributed by atoms with Gasteiger partial charge in [-0.15, -0.1) is 24.0 Å². The van der Waals surface area contributed by atoms with E-state index in [2.05, 4.69) is 59.5 Å². The van der Waals surface area contributed by atoms with Crippen molar-refractivity contribution in [3.05, 3.63) is 29.3 Å². The number of hydrogen-bond donors (Lipinski definition) is 2. The third kappa shape index (κ3) is 11.7. The molecule has 0 unspecified atom stereocenters. The Kier molecular flexibility index (Phi) is 15.7. The van der Waals surface area contributed by atoms with Crippen molar-refractivity contribution in [3.63, 3.8) is 0 Å². The van der Waals surface area contributed by atoms with E-state index in [4.69, 9.17) is 14.5 Å². The number of likely N-dealkylation sites (N-methyl/N-ethyl adjacent to an activating group) is 1. The Hall–Kier alpha value is -1.10. The number of unbranched alkanes of at least 4 members (excludes halogenated alkanes) is 1. The summed E-state index contributed by atoms with van der Waals surface area (Å²) in [4.78, 5) is 9.76. The standard InChI is InChI=1S/C24H43N5O2.HI/c1-5-25-24(26-11-7-8-12-29-15-13-28(4)14-16-29)27-20-22-10-9-21(3)19-23(22)31-18-17-30-6-2;/h9-10,19H,5-8,11-18,20H2,1-4H3,(H2,25,26,27);1H. The van der Waals surface area contributed by atoms with E-state index in [1.165, 1.54) is 44.7 Å². The van der Waals surface area contributed by atoms with Crippen LogP contribution < -0.4 is 15.4 Å². The molecule has 0 saturated carbocycles. The van der Waals surface area contributed by atoms with E-state index in [0.29, 0.717) is 26.4 Å². The summed E-state index contributed by atoms with van der Waals surface area (Å²) in [5, 5.41) is 6.83. The van der Waals surface area contributed by atoms with Gasteiger partial charge in [0.1, 0.15) is 12.4 Å². The smallest absolute Gasteiger partial charge is 0.191 e. The molecule has 8 heteroatoms. The lowest BCUT2D eigenvalue weighted by Gasteiger charge is -2.32. The number of nitrogens with one attached hydrogen (secondary N) is 2. The summed E-state index contributed by atoms with van der Waals surface area (Å²) in [6.07, 6.45) is 2.36. The second-order valence-electron chi connectivity index (χ2n) is 8.13. The molecule has 0 radical (unpaired) electrons. The van der Waals surface area contributed by atoms with Crippen molar-refractivity contribution in [2.45, 2.75) is 40.2 Å². The highest BCUT2D eigenvalue weighted by atomic mass is 127. The molecule has 1 heterocycles. The van der Waals surface area contributed by atoms with E-state index in [-0.39, 0.29) is 24.0 Å². The van der Waals surface area contributed by atoms with Gasteiger partial charge < -0.3 is 29.9 Å². The lowest BCUT2D eigenvalue weighted by molar-refractivity contribution is 0.110. The minimum atomic E-state index is 0. The van der Waals surface area contributed by atoms with Crippen molar-refractivity contribution < 1.29 is 9.47 Å². The average Bonchev–Trinajstić information content (AvgIpc) is 2.77. The Labute approximate surface area is 212 Å². The van der Waals surface area contributed by atoms with E-state index in [1.54, 1.807) is 0 Å². The van der Waals surface area contributed by atoms with E-state index in [0.717, 1.165) is 36.8 Å². The van der Waals surface area contributed by atoms with Gasteiger partial charge in [0.25, 0.3) is 0 Å². The highest BCUT2D eigenvalue weighted by Gasteiger charge is 2.12. The fourth-order valence-electron chi connectivity index (χ4n) is 3.53. The second-order valence-corrected chi connectivity index (χ2v) is 8.13. The summed E-state index contributed by atoms with van der Waals surface area (Å²) in [7, 11) is 2.20. The van der Waals surface area contributed by atoms with Gasteiger partial charge in [0.2, 0.25) is 0 Å². The highest BCUT2D eigenvalue weighted by molar-refractivity contribution is 14.0. The molecule has 2 N–H and O–H groups in total. The quantitative estimate of drug-likeness (QED) is 0.167. The molecule has 2 rings (SSSR count). The number of aliphatic imine (C=N–C) groups is 1. The minimum Gasteiger partial charge on any atom is -0.491 e. The van der Waals surface area contributed by atoms with Crippen LogP contribution in [0.4, 0.5) is 0 Å². The Morgan fingerprint density at radius 1 is 1.06 bits per heavy atom. The fourth-order valence-corrected chi connectivity index (χ4v) is 3.53. The predicted molar refractivity (Wildman–Crippen MR) is 145 cm³/mol. The van der Waals surface area contributed by atoms with Crippen LogP contribution in [-0.2, 0) is 11.3 Å². The number of guanidine groups is 1. The maximum Gasteiger partial charge on any atom is 0.191 e. The minimum absolute atomic E-state index is 0. The number of piperazine rings is 1. The van der Waals surface area contributed by atoms with Crippen LogP contribution in [0, 0.1) is 6.92 Å². The maximum atomic E-state index is 5.95. The molecule has 1 aliphatic rings. The number of ether oxygens (including phenoxy) is 2. The van der Waals surface area contributed by atoms with E-state index in [1.807, 2.05) is 6.92 Å². The van der Waals surface area contributed by atoms with Gasteiger partial charge in [-0.2, -0.15) is 0 Å². The van der Waals surface area contributed by atoms with Gasteiger partial charge in [-0.1, -0.05) is 12.1 Å². The van der Waals surface area contributed by atoms with Crippen LogP contribution in [0.2, 0.25) is 0 Å². The summed E-state index contributed by atoms with van der Waals surface area (Å²) < 4.78 is 11.3. The second kappa shape index (κ2) is 17.4. The molecular formula is C24H44IN5O2. The zero-order valence-corrected chi connectivity index (χ0v) is 22.8. The van der Waals surface area contributed by atoms with Crippen LogP contribution in [0.3, 0.4) is 0 Å².